The molecule has 2 nitrogen and oxygen atoms in total. The molecular weight excluding hydrogens is 282 g/mol. The Labute approximate surface area is 138 Å². The Hall–Kier alpha value is -2.35. The lowest BCUT2D eigenvalue weighted by atomic mass is 9.89. The second-order valence-electron chi connectivity index (χ2n) is 6.30. The summed E-state index contributed by atoms with van der Waals surface area (Å²) >= 11 is 0. The van der Waals surface area contributed by atoms with Crippen LogP contribution in [-0.4, -0.2) is 4.98 Å². The smallest absolute Gasteiger partial charge is 0.198 e. The zero-order valence-electron chi connectivity index (χ0n) is 13.2. The minimum absolute atomic E-state index is 0. The van der Waals surface area contributed by atoms with Crippen LogP contribution in [0.4, 0.5) is 0 Å². The van der Waals surface area contributed by atoms with Crippen molar-refractivity contribution in [2.45, 2.75) is 38.0 Å². The predicted molar refractivity (Wildman–Crippen MR) is 95.3 cm³/mol. The Balaban J connectivity index is 0.00000169. The molecule has 1 fully saturated rings. The van der Waals surface area contributed by atoms with Crippen molar-refractivity contribution in [2.24, 2.45) is 0 Å². The fraction of sp³-hybridized carbons (Fsp3) is 0.286. The summed E-state index contributed by atoms with van der Waals surface area (Å²) in [6.45, 7) is 0. The van der Waals surface area contributed by atoms with E-state index in [1.54, 1.807) is 0 Å². The van der Waals surface area contributed by atoms with E-state index in [0.717, 1.165) is 28.5 Å². The lowest BCUT2D eigenvalue weighted by Gasteiger charge is -2.17. The molecular formula is C21H23NO. The third-order valence-corrected chi connectivity index (χ3v) is 4.68. The van der Waals surface area contributed by atoms with Gasteiger partial charge in [-0.15, -0.1) is 0 Å². The number of rotatable bonds is 3. The highest BCUT2D eigenvalue weighted by Gasteiger charge is 2.24. The van der Waals surface area contributed by atoms with Gasteiger partial charge in [0, 0.05) is 18.5 Å². The molecule has 2 heteroatoms. The first kappa shape index (κ1) is 14.3. The fourth-order valence-corrected chi connectivity index (χ4v) is 3.44. The molecule has 0 saturated heterocycles. The molecule has 118 valence electrons. The van der Waals surface area contributed by atoms with Crippen LogP contribution in [0.3, 0.4) is 0 Å². The predicted octanol–water partition coefficient (Wildman–Crippen LogP) is 6.30. The Morgan fingerprint density at radius 1 is 0.783 bits per heavy atom. The SMILES string of the molecule is [HH].c1ccc(-c2nc(C3CCCCC3)oc2-c2ccccc2)cc1. The summed E-state index contributed by atoms with van der Waals surface area (Å²) in [5, 5.41) is 0. The lowest BCUT2D eigenvalue weighted by molar-refractivity contribution is 0.367. The van der Waals surface area contributed by atoms with Gasteiger partial charge in [0.05, 0.1) is 0 Å². The zero-order valence-corrected chi connectivity index (χ0v) is 13.2. The van der Waals surface area contributed by atoms with Crippen molar-refractivity contribution in [3.05, 3.63) is 66.6 Å². The minimum Gasteiger partial charge on any atom is -0.440 e. The summed E-state index contributed by atoms with van der Waals surface area (Å²) in [6.07, 6.45) is 6.31. The maximum atomic E-state index is 6.28. The molecule has 1 aliphatic carbocycles. The summed E-state index contributed by atoms with van der Waals surface area (Å²) in [6, 6.07) is 20.7. The number of oxazole rings is 1. The van der Waals surface area contributed by atoms with Crippen LogP contribution >= 0.6 is 0 Å². The molecule has 0 amide bonds. The van der Waals surface area contributed by atoms with E-state index in [1.165, 1.54) is 32.1 Å². The lowest BCUT2D eigenvalue weighted by Crippen LogP contribution is -2.04. The van der Waals surface area contributed by atoms with Crippen molar-refractivity contribution >= 4 is 0 Å². The van der Waals surface area contributed by atoms with E-state index >= 15 is 0 Å². The van der Waals surface area contributed by atoms with Gasteiger partial charge in [0.25, 0.3) is 0 Å². The van der Waals surface area contributed by atoms with Crippen molar-refractivity contribution < 1.29 is 5.84 Å². The second-order valence-corrected chi connectivity index (χ2v) is 6.30. The summed E-state index contributed by atoms with van der Waals surface area (Å²) in [7, 11) is 0. The van der Waals surface area contributed by atoms with Crippen LogP contribution in [0.25, 0.3) is 22.6 Å². The van der Waals surface area contributed by atoms with E-state index in [-0.39, 0.29) is 1.43 Å². The van der Waals surface area contributed by atoms with Crippen molar-refractivity contribution in [3.8, 4) is 22.6 Å². The molecule has 0 bridgehead atoms. The molecule has 4 rings (SSSR count). The summed E-state index contributed by atoms with van der Waals surface area (Å²) in [5.74, 6) is 2.29. The van der Waals surface area contributed by atoms with Crippen LogP contribution < -0.4 is 0 Å². The highest BCUT2D eigenvalue weighted by Crippen LogP contribution is 2.38. The van der Waals surface area contributed by atoms with Crippen LogP contribution in [0.5, 0.6) is 0 Å². The van der Waals surface area contributed by atoms with Gasteiger partial charge in [-0.3, -0.25) is 0 Å². The van der Waals surface area contributed by atoms with Crippen LogP contribution in [0.15, 0.2) is 65.1 Å². The fourth-order valence-electron chi connectivity index (χ4n) is 3.44. The summed E-state index contributed by atoms with van der Waals surface area (Å²) in [4.78, 5) is 4.91. The first-order chi connectivity index (χ1) is 11.4. The van der Waals surface area contributed by atoms with Crippen molar-refractivity contribution in [1.82, 2.24) is 4.98 Å². The highest BCUT2D eigenvalue weighted by molar-refractivity contribution is 5.76. The van der Waals surface area contributed by atoms with E-state index in [2.05, 4.69) is 36.4 Å². The Morgan fingerprint density at radius 2 is 1.39 bits per heavy atom. The normalized spacial score (nSPS) is 15.7. The minimum atomic E-state index is 0. The van der Waals surface area contributed by atoms with E-state index in [1.807, 2.05) is 24.3 Å². The third kappa shape index (κ3) is 2.94. The molecule has 1 saturated carbocycles. The molecule has 0 spiro atoms. The van der Waals surface area contributed by atoms with Gasteiger partial charge in [-0.05, 0) is 12.8 Å². The Morgan fingerprint density at radius 3 is 2.04 bits per heavy atom. The van der Waals surface area contributed by atoms with Gasteiger partial charge < -0.3 is 4.42 Å². The molecule has 0 radical (unpaired) electrons. The Kier molecular flexibility index (Phi) is 3.97. The summed E-state index contributed by atoms with van der Waals surface area (Å²) < 4.78 is 6.28. The Bertz CT molecular complexity index is 704. The number of nitrogens with zero attached hydrogens (tertiary/aromatic N) is 1. The van der Waals surface area contributed by atoms with Crippen molar-refractivity contribution in [1.29, 1.82) is 0 Å². The van der Waals surface area contributed by atoms with Crippen molar-refractivity contribution in [2.75, 3.05) is 0 Å². The largest absolute Gasteiger partial charge is 0.440 e. The van der Waals surface area contributed by atoms with Crippen LogP contribution in [0.1, 0.15) is 45.3 Å². The first-order valence-corrected chi connectivity index (χ1v) is 8.53. The molecule has 0 N–H and O–H groups in total. The van der Waals surface area contributed by atoms with E-state index < -0.39 is 0 Å². The quantitative estimate of drug-likeness (QED) is 0.567. The second kappa shape index (κ2) is 6.41. The van der Waals surface area contributed by atoms with E-state index in [9.17, 15) is 0 Å². The van der Waals surface area contributed by atoms with Gasteiger partial charge in [0.15, 0.2) is 11.7 Å². The average Bonchev–Trinajstić information content (AvgIpc) is 3.09. The molecule has 1 heterocycles. The number of hydrogen-bond donors (Lipinski definition) is 0. The van der Waals surface area contributed by atoms with Crippen LogP contribution in [-0.2, 0) is 0 Å². The molecule has 1 aromatic heterocycles. The van der Waals surface area contributed by atoms with Gasteiger partial charge in [-0.2, -0.15) is 0 Å². The van der Waals surface area contributed by atoms with E-state index in [0.29, 0.717) is 5.92 Å². The van der Waals surface area contributed by atoms with Crippen LogP contribution in [0, 0.1) is 0 Å². The average molecular weight is 305 g/mol. The maximum Gasteiger partial charge on any atom is 0.198 e. The first-order valence-electron chi connectivity index (χ1n) is 8.53. The number of aromatic nitrogens is 1. The van der Waals surface area contributed by atoms with E-state index in [4.69, 9.17) is 9.40 Å². The molecule has 0 unspecified atom stereocenters. The van der Waals surface area contributed by atoms with Gasteiger partial charge in [0.2, 0.25) is 0 Å². The molecule has 0 atom stereocenters. The number of hydrogen-bond acceptors (Lipinski definition) is 2. The van der Waals surface area contributed by atoms with Gasteiger partial charge in [-0.1, -0.05) is 79.9 Å². The molecule has 1 aliphatic rings. The standard InChI is InChI=1S/C21H21NO.H2/c1-4-10-16(11-5-1)19-20(17-12-6-2-7-13-17)23-21(22-19)18-14-8-3-9-15-18;/h1-2,4-7,10-13,18H,3,8-9,14-15H2;1H. The highest BCUT2D eigenvalue weighted by atomic mass is 16.4. The molecule has 0 aliphatic heterocycles. The van der Waals surface area contributed by atoms with Gasteiger partial charge in [-0.25, -0.2) is 4.98 Å². The topological polar surface area (TPSA) is 26.0 Å². The summed E-state index contributed by atoms with van der Waals surface area (Å²) in [5.41, 5.74) is 3.19. The third-order valence-electron chi connectivity index (χ3n) is 4.68. The van der Waals surface area contributed by atoms with Crippen molar-refractivity contribution in [3.63, 3.8) is 0 Å². The molecule has 2 aromatic carbocycles. The van der Waals surface area contributed by atoms with Gasteiger partial charge >= 0.3 is 0 Å². The monoisotopic (exact) mass is 305 g/mol. The zero-order chi connectivity index (χ0) is 15.5. The molecule has 23 heavy (non-hydrogen) atoms. The van der Waals surface area contributed by atoms with Gasteiger partial charge in [0.1, 0.15) is 5.69 Å². The molecule has 3 aromatic rings. The number of benzene rings is 2. The van der Waals surface area contributed by atoms with Crippen LogP contribution in [0.2, 0.25) is 0 Å². The maximum absolute atomic E-state index is 6.28.